The van der Waals surface area contributed by atoms with E-state index in [0.717, 1.165) is 0 Å². The van der Waals surface area contributed by atoms with Gasteiger partial charge in [0.2, 0.25) is 0 Å². The first-order valence-electron chi connectivity index (χ1n) is 0.692. The summed E-state index contributed by atoms with van der Waals surface area (Å²) in [4.78, 5) is 0. The third kappa shape index (κ3) is 1920. The van der Waals surface area contributed by atoms with Crippen molar-refractivity contribution in [2.24, 2.45) is 0 Å². The number of halogens is 1. The van der Waals surface area contributed by atoms with Crippen LogP contribution in [-0.4, -0.2) is 17.8 Å². The van der Waals surface area contributed by atoms with Gasteiger partial charge in [-0.15, -0.1) is 3.89 Å². The second-order valence-electron chi connectivity index (χ2n) is 0.438. The van der Waals surface area contributed by atoms with Crippen LogP contribution in [0.2, 0.25) is 0 Å². The predicted octanol–water partition coefficient (Wildman–Crippen LogP) is -0.631. The van der Waals surface area contributed by atoms with Crippen LogP contribution in [0.25, 0.3) is 0 Å². The van der Waals surface area contributed by atoms with Gasteiger partial charge < -0.3 is 0 Å². The van der Waals surface area contributed by atoms with Gasteiger partial charge in [-0.3, -0.25) is 0 Å². The summed E-state index contributed by atoms with van der Waals surface area (Å²) in [5, 5.41) is 0. The average molecular weight is 111 g/mol. The maximum atomic E-state index is 10.6. The minimum Gasteiger partial charge on any atom is -0.204 e. The summed E-state index contributed by atoms with van der Waals surface area (Å²) in [5.74, 6) is 0. The molecular formula is FO2SSi. The highest BCUT2D eigenvalue weighted by Crippen LogP contribution is 1.73. The van der Waals surface area contributed by atoms with Crippen LogP contribution in [0.3, 0.4) is 0 Å². The van der Waals surface area contributed by atoms with Crippen molar-refractivity contribution in [2.45, 2.75) is 0 Å². The fourth-order valence-corrected chi connectivity index (χ4v) is 0. The molecule has 0 rings (SSSR count). The number of rotatable bonds is 0. The second kappa shape index (κ2) is 1.06. The molecule has 5 heteroatoms. The van der Waals surface area contributed by atoms with Gasteiger partial charge in [-0.2, -0.15) is 0 Å². The van der Waals surface area contributed by atoms with Gasteiger partial charge >= 0.3 is 0 Å². The Balaban J connectivity index is 4.06. The summed E-state index contributed by atoms with van der Waals surface area (Å²) in [5.41, 5.74) is 0. The lowest BCUT2D eigenvalue weighted by atomic mass is 15.9. The summed E-state index contributed by atoms with van der Waals surface area (Å²) in [7, 11) is -2.64. The summed E-state index contributed by atoms with van der Waals surface area (Å²) in [6, 6.07) is 0. The Labute approximate surface area is 32.3 Å². The van der Waals surface area contributed by atoms with E-state index >= 15 is 0 Å². The van der Waals surface area contributed by atoms with Crippen LogP contribution in [0.15, 0.2) is 0 Å². The van der Waals surface area contributed by atoms with Gasteiger partial charge in [0.05, 0.1) is 0 Å². The van der Waals surface area contributed by atoms with Crippen LogP contribution >= 0.6 is 0 Å². The molecule has 5 heavy (non-hydrogen) atoms. The molecule has 0 spiro atoms. The normalized spacial score (nSPS) is 11.6. The number of hydrogen-bond acceptors (Lipinski definition) is 2. The van der Waals surface area contributed by atoms with Crippen LogP contribution in [0.5, 0.6) is 0 Å². The van der Waals surface area contributed by atoms with Gasteiger partial charge in [0.1, 0.15) is 0 Å². The van der Waals surface area contributed by atoms with E-state index in [4.69, 9.17) is 8.42 Å². The Morgan fingerprint density at radius 3 is 1.60 bits per heavy atom. The van der Waals surface area contributed by atoms with Crippen molar-refractivity contribution in [1.29, 1.82) is 0 Å². The Morgan fingerprint density at radius 2 is 1.60 bits per heavy atom. The molecule has 0 aromatic carbocycles. The number of hydrogen-bond donors (Lipinski definition) is 0. The predicted molar refractivity (Wildman–Crippen MR) is 15.8 cm³/mol. The molecular weight excluding hydrogens is 111 g/mol. The largest absolute Gasteiger partial charge is 0.261 e. The molecule has 0 atom stereocenters. The fraction of sp³-hybridized carbons (Fsp3) is 0. The Morgan fingerprint density at radius 1 is 1.60 bits per heavy atom. The van der Waals surface area contributed by atoms with E-state index in [-0.39, 0.29) is 0 Å². The third-order valence-corrected chi connectivity index (χ3v) is 0. The molecule has 0 aromatic heterocycles. The molecule has 0 fully saturated rings. The molecule has 0 aliphatic heterocycles. The maximum Gasteiger partial charge on any atom is 0.261 e. The van der Waals surface area contributed by atoms with E-state index in [1.54, 1.807) is 9.39 Å². The molecule has 3 radical (unpaired) electrons. The van der Waals surface area contributed by atoms with Crippen molar-refractivity contribution in [2.75, 3.05) is 0 Å². The van der Waals surface area contributed by atoms with Crippen LogP contribution in [0.4, 0.5) is 3.89 Å². The zero-order valence-corrected chi connectivity index (χ0v) is 3.92. The molecule has 2 nitrogen and oxygen atoms in total. The SMILES string of the molecule is O=S(=O)(F)[Si]. The van der Waals surface area contributed by atoms with Gasteiger partial charge in [-0.05, 0) is 0 Å². The van der Waals surface area contributed by atoms with Gasteiger partial charge in [0, 0.05) is 0 Å². The van der Waals surface area contributed by atoms with Crippen LogP contribution in [-0.2, 0) is 9.67 Å². The second-order valence-corrected chi connectivity index (χ2v) is 2.78. The Bertz CT molecular complexity index is 92.8. The maximum absolute atomic E-state index is 10.6. The van der Waals surface area contributed by atoms with Gasteiger partial charge in [0.25, 0.3) is 19.1 Å². The molecule has 0 saturated carbocycles. The highest BCUT2D eigenvalue weighted by atomic mass is 32.4. The Hall–Kier alpha value is 0.0969. The molecule has 0 N–H and O–H groups in total. The lowest BCUT2D eigenvalue weighted by molar-refractivity contribution is 0.569. The van der Waals surface area contributed by atoms with Crippen molar-refractivity contribution in [3.63, 3.8) is 0 Å². The van der Waals surface area contributed by atoms with Crippen molar-refractivity contribution < 1.29 is 12.3 Å². The van der Waals surface area contributed by atoms with E-state index in [1.807, 2.05) is 0 Å². The molecule has 0 unspecified atom stereocenters. The van der Waals surface area contributed by atoms with Crippen molar-refractivity contribution >= 4 is 19.1 Å². The van der Waals surface area contributed by atoms with Crippen LogP contribution < -0.4 is 0 Å². The van der Waals surface area contributed by atoms with Crippen molar-refractivity contribution in [3.05, 3.63) is 0 Å². The highest BCUT2D eigenvalue weighted by molar-refractivity contribution is 8.08. The minimum absolute atomic E-state index is 1.72. The minimum atomic E-state index is -4.36. The fourth-order valence-electron chi connectivity index (χ4n) is 0. The molecule has 0 bridgehead atoms. The first kappa shape index (κ1) is 5.10. The molecule has 0 aliphatic carbocycles. The first-order chi connectivity index (χ1) is 2.00. The van der Waals surface area contributed by atoms with Crippen LogP contribution in [0, 0.1) is 0 Å². The van der Waals surface area contributed by atoms with Gasteiger partial charge in [-0.25, -0.2) is 8.42 Å². The van der Waals surface area contributed by atoms with E-state index < -0.39 is 9.67 Å². The summed E-state index contributed by atoms with van der Waals surface area (Å²) >= 11 is 0. The molecule has 0 aliphatic rings. The van der Waals surface area contributed by atoms with Crippen molar-refractivity contribution in [3.8, 4) is 0 Å². The van der Waals surface area contributed by atoms with E-state index in [2.05, 4.69) is 0 Å². The zero-order valence-electron chi connectivity index (χ0n) is 2.10. The van der Waals surface area contributed by atoms with Gasteiger partial charge in [-0.1, -0.05) is 0 Å². The third-order valence-electron chi connectivity index (χ3n) is 0. The lowest BCUT2D eigenvalue weighted by Crippen LogP contribution is -1.82. The zero-order chi connectivity index (χ0) is 4.50. The van der Waals surface area contributed by atoms with E-state index in [1.165, 1.54) is 0 Å². The topological polar surface area (TPSA) is 34.1 Å². The smallest absolute Gasteiger partial charge is 0.204 e. The molecule has 0 aromatic rings. The first-order valence-corrected chi connectivity index (χ1v) is 3.30. The molecule has 0 amide bonds. The van der Waals surface area contributed by atoms with E-state index in [0.29, 0.717) is 0 Å². The summed E-state index contributed by atoms with van der Waals surface area (Å²) in [6.45, 7) is 0. The van der Waals surface area contributed by atoms with Crippen LogP contribution in [0.1, 0.15) is 0 Å². The highest BCUT2D eigenvalue weighted by Gasteiger charge is 1.87. The quantitative estimate of drug-likeness (QED) is 0.308. The molecule has 0 saturated heterocycles. The summed E-state index contributed by atoms with van der Waals surface area (Å²) < 4.78 is 28.3. The summed E-state index contributed by atoms with van der Waals surface area (Å²) in [6.07, 6.45) is 0. The standard InChI is InChI=1S/FO2SSi/c1-4(2,3)5. The van der Waals surface area contributed by atoms with E-state index in [9.17, 15) is 3.89 Å². The lowest BCUT2D eigenvalue weighted by Gasteiger charge is -1.63. The average Bonchev–Trinajstić information content (AvgIpc) is 0.722. The van der Waals surface area contributed by atoms with Crippen molar-refractivity contribution in [1.82, 2.24) is 0 Å². The Kier molecular flexibility index (Phi) is 1.08. The van der Waals surface area contributed by atoms with Gasteiger partial charge in [0.15, 0.2) is 0 Å². The monoisotopic (exact) mass is 111 g/mol. The molecule has 29 valence electrons. The molecule has 0 heterocycles.